The predicted molar refractivity (Wildman–Crippen MR) is 72.8 cm³/mol. The van der Waals surface area contributed by atoms with E-state index in [1.807, 2.05) is 25.1 Å². The Morgan fingerprint density at radius 2 is 2.11 bits per heavy atom. The first-order valence-corrected chi connectivity index (χ1v) is 6.08. The normalized spacial score (nSPS) is 11.8. The van der Waals surface area contributed by atoms with Crippen molar-refractivity contribution in [3.05, 3.63) is 42.0 Å². The number of carbonyl (C=O) groups excluding carboxylic acids is 1. The van der Waals surface area contributed by atoms with Gasteiger partial charge in [-0.15, -0.1) is 0 Å². The van der Waals surface area contributed by atoms with E-state index in [0.29, 0.717) is 11.8 Å². The first-order valence-electron chi connectivity index (χ1n) is 6.08. The molecule has 0 fully saturated rings. The Hall–Kier alpha value is -2.54. The van der Waals surface area contributed by atoms with Crippen molar-refractivity contribution in [1.82, 2.24) is 5.32 Å². The molecule has 0 spiro atoms. The van der Waals surface area contributed by atoms with Gasteiger partial charge in [-0.3, -0.25) is 4.79 Å². The Morgan fingerprint density at radius 3 is 2.79 bits per heavy atom. The van der Waals surface area contributed by atoms with Crippen LogP contribution >= 0.6 is 0 Å². The van der Waals surface area contributed by atoms with Gasteiger partial charge in [-0.1, -0.05) is 37.3 Å². The highest BCUT2D eigenvalue weighted by atomic mass is 16.3. The molecule has 1 amide bonds. The largest absolute Gasteiger partial charge is 0.506 e. The van der Waals surface area contributed by atoms with Gasteiger partial charge in [0, 0.05) is 5.39 Å². The fraction of sp³-hybridized carbons (Fsp3) is 0.200. The van der Waals surface area contributed by atoms with Crippen molar-refractivity contribution >= 4 is 16.7 Å². The molecule has 0 radical (unpaired) electrons. The maximum absolute atomic E-state index is 12.0. The van der Waals surface area contributed by atoms with Crippen LogP contribution in [-0.2, 0) is 0 Å². The molecule has 2 aromatic rings. The van der Waals surface area contributed by atoms with Gasteiger partial charge >= 0.3 is 0 Å². The maximum atomic E-state index is 12.0. The molecule has 0 bridgehead atoms. The Morgan fingerprint density at radius 1 is 1.37 bits per heavy atom. The standard InChI is InChI=1S/C15H14N2O2/c1-2-11(9-16)17-15(19)13-8-7-10-5-3-4-6-12(10)14(13)18/h3-8,11,18H,2H2,1H3,(H,17,19). The number of nitriles is 1. The lowest BCUT2D eigenvalue weighted by atomic mass is 10.0. The first-order chi connectivity index (χ1) is 9.17. The maximum Gasteiger partial charge on any atom is 0.256 e. The van der Waals surface area contributed by atoms with Crippen LogP contribution in [0.1, 0.15) is 23.7 Å². The Bertz CT molecular complexity index is 659. The molecular formula is C15H14N2O2. The van der Waals surface area contributed by atoms with E-state index in [4.69, 9.17) is 5.26 Å². The molecule has 0 aliphatic heterocycles. The summed E-state index contributed by atoms with van der Waals surface area (Å²) >= 11 is 0. The number of phenols is 1. The number of nitrogens with zero attached hydrogens (tertiary/aromatic N) is 1. The number of phenolic OH excluding ortho intramolecular Hbond substituents is 1. The zero-order valence-electron chi connectivity index (χ0n) is 10.6. The van der Waals surface area contributed by atoms with Crippen LogP contribution in [0.3, 0.4) is 0 Å². The average molecular weight is 254 g/mol. The number of hydrogen-bond donors (Lipinski definition) is 2. The van der Waals surface area contributed by atoms with Crippen molar-refractivity contribution < 1.29 is 9.90 Å². The van der Waals surface area contributed by atoms with Crippen LogP contribution in [-0.4, -0.2) is 17.1 Å². The third kappa shape index (κ3) is 2.50. The van der Waals surface area contributed by atoms with Crippen LogP contribution in [0.5, 0.6) is 5.75 Å². The van der Waals surface area contributed by atoms with E-state index >= 15 is 0 Å². The van der Waals surface area contributed by atoms with Crippen molar-refractivity contribution in [1.29, 1.82) is 5.26 Å². The number of rotatable bonds is 3. The molecule has 4 nitrogen and oxygen atoms in total. The van der Waals surface area contributed by atoms with Gasteiger partial charge < -0.3 is 10.4 Å². The van der Waals surface area contributed by atoms with E-state index in [1.165, 1.54) is 0 Å². The molecule has 1 atom stereocenters. The molecular weight excluding hydrogens is 240 g/mol. The Kier molecular flexibility index (Phi) is 3.67. The van der Waals surface area contributed by atoms with Crippen LogP contribution < -0.4 is 5.32 Å². The smallest absolute Gasteiger partial charge is 0.256 e. The molecule has 0 heterocycles. The van der Waals surface area contributed by atoms with E-state index in [1.54, 1.807) is 24.3 Å². The molecule has 0 saturated carbocycles. The molecule has 0 saturated heterocycles. The first kappa shape index (κ1) is 12.9. The number of carbonyl (C=O) groups is 1. The molecule has 96 valence electrons. The summed E-state index contributed by atoms with van der Waals surface area (Å²) in [5.41, 5.74) is 0.187. The summed E-state index contributed by atoms with van der Waals surface area (Å²) in [4.78, 5) is 12.0. The van der Waals surface area contributed by atoms with Crippen molar-refractivity contribution in [3.8, 4) is 11.8 Å². The molecule has 0 aliphatic rings. The number of fused-ring (bicyclic) bond motifs is 1. The summed E-state index contributed by atoms with van der Waals surface area (Å²) in [5, 5.41) is 23.0. The Balaban J connectivity index is 2.38. The predicted octanol–water partition coefficient (Wildman–Crippen LogP) is 2.58. The number of hydrogen-bond acceptors (Lipinski definition) is 3. The van der Waals surface area contributed by atoms with E-state index in [2.05, 4.69) is 5.32 Å². The van der Waals surface area contributed by atoms with Crippen LogP contribution in [0.25, 0.3) is 10.8 Å². The third-order valence-electron chi connectivity index (χ3n) is 3.01. The number of benzene rings is 2. The highest BCUT2D eigenvalue weighted by Gasteiger charge is 2.16. The lowest BCUT2D eigenvalue weighted by Gasteiger charge is -2.11. The minimum atomic E-state index is -0.543. The summed E-state index contributed by atoms with van der Waals surface area (Å²) in [6, 6.07) is 12.1. The molecule has 1 unspecified atom stereocenters. The van der Waals surface area contributed by atoms with Gasteiger partial charge in [0.25, 0.3) is 5.91 Å². The summed E-state index contributed by atoms with van der Waals surface area (Å²) in [7, 11) is 0. The van der Waals surface area contributed by atoms with E-state index in [-0.39, 0.29) is 11.3 Å². The lowest BCUT2D eigenvalue weighted by Crippen LogP contribution is -2.33. The van der Waals surface area contributed by atoms with Gasteiger partial charge in [0.05, 0.1) is 11.6 Å². The topological polar surface area (TPSA) is 73.1 Å². The van der Waals surface area contributed by atoms with Crippen molar-refractivity contribution in [2.75, 3.05) is 0 Å². The third-order valence-corrected chi connectivity index (χ3v) is 3.01. The van der Waals surface area contributed by atoms with E-state index in [0.717, 1.165) is 5.39 Å². The summed E-state index contributed by atoms with van der Waals surface area (Å²) < 4.78 is 0. The highest BCUT2D eigenvalue weighted by Crippen LogP contribution is 2.28. The second-order valence-electron chi connectivity index (χ2n) is 4.25. The molecule has 2 rings (SSSR count). The zero-order valence-corrected chi connectivity index (χ0v) is 10.6. The quantitative estimate of drug-likeness (QED) is 0.884. The van der Waals surface area contributed by atoms with Crippen LogP contribution in [0.4, 0.5) is 0 Å². The van der Waals surface area contributed by atoms with Gasteiger partial charge in [-0.2, -0.15) is 5.26 Å². The van der Waals surface area contributed by atoms with Crippen LogP contribution in [0.2, 0.25) is 0 Å². The van der Waals surface area contributed by atoms with Crippen molar-refractivity contribution in [2.24, 2.45) is 0 Å². The van der Waals surface area contributed by atoms with Gasteiger partial charge in [-0.25, -0.2) is 0 Å². The molecule has 2 N–H and O–H groups in total. The highest BCUT2D eigenvalue weighted by molar-refractivity contribution is 6.03. The summed E-state index contributed by atoms with van der Waals surface area (Å²) in [6.45, 7) is 1.81. The monoisotopic (exact) mass is 254 g/mol. The number of aromatic hydroxyl groups is 1. The van der Waals surface area contributed by atoms with E-state index in [9.17, 15) is 9.90 Å². The van der Waals surface area contributed by atoms with Gasteiger partial charge in [0.1, 0.15) is 11.8 Å². The number of amides is 1. The fourth-order valence-corrected chi connectivity index (χ4v) is 1.90. The van der Waals surface area contributed by atoms with Gasteiger partial charge in [0.2, 0.25) is 0 Å². The van der Waals surface area contributed by atoms with Gasteiger partial charge in [-0.05, 0) is 17.9 Å². The number of nitrogens with one attached hydrogen (secondary N) is 1. The molecule has 19 heavy (non-hydrogen) atoms. The van der Waals surface area contributed by atoms with E-state index < -0.39 is 11.9 Å². The minimum absolute atomic E-state index is 0.0524. The lowest BCUT2D eigenvalue weighted by molar-refractivity contribution is 0.0942. The molecule has 0 aliphatic carbocycles. The average Bonchev–Trinajstić information content (AvgIpc) is 2.45. The summed E-state index contributed by atoms with van der Waals surface area (Å²) in [5.74, 6) is -0.486. The molecule has 2 aromatic carbocycles. The zero-order chi connectivity index (χ0) is 13.8. The van der Waals surface area contributed by atoms with Gasteiger partial charge in [0.15, 0.2) is 0 Å². The fourth-order valence-electron chi connectivity index (χ4n) is 1.90. The van der Waals surface area contributed by atoms with Crippen LogP contribution in [0.15, 0.2) is 36.4 Å². The van der Waals surface area contributed by atoms with Crippen molar-refractivity contribution in [3.63, 3.8) is 0 Å². The molecule has 4 heteroatoms. The second kappa shape index (κ2) is 5.40. The summed E-state index contributed by atoms with van der Waals surface area (Å²) in [6.07, 6.45) is 0.524. The van der Waals surface area contributed by atoms with Crippen LogP contribution in [0, 0.1) is 11.3 Å². The SMILES string of the molecule is CCC(C#N)NC(=O)c1ccc2ccccc2c1O. The van der Waals surface area contributed by atoms with Crippen molar-refractivity contribution in [2.45, 2.75) is 19.4 Å². The second-order valence-corrected chi connectivity index (χ2v) is 4.25. The Labute approximate surface area is 111 Å². The molecule has 0 aromatic heterocycles. The minimum Gasteiger partial charge on any atom is -0.506 e.